The van der Waals surface area contributed by atoms with Crippen molar-refractivity contribution in [3.8, 4) is 0 Å². The standard InChI is InChI=1S/C24H31ClO6/c1-29-23(28)7-5-3-2-4-6-19-20(22(27)16-21(19)26)12-13-24(30-14-15-31-24)17-8-10-18(25)11-9-17/h2,4,8-13,19-22,26-27H,3,5-7,14-16H2,1H3/b4-2-,13-12+/t19-,20-,21+,22-/m1/s1. The summed E-state index contributed by atoms with van der Waals surface area (Å²) in [5.41, 5.74) is 0.834. The molecule has 4 atom stereocenters. The molecule has 31 heavy (non-hydrogen) atoms. The fraction of sp³-hybridized carbons (Fsp3) is 0.542. The number of esters is 1. The number of carbonyl (C=O) groups is 1. The van der Waals surface area contributed by atoms with Crippen LogP contribution >= 0.6 is 11.6 Å². The smallest absolute Gasteiger partial charge is 0.305 e. The second-order valence-electron chi connectivity index (χ2n) is 8.02. The summed E-state index contributed by atoms with van der Waals surface area (Å²) in [6, 6.07) is 7.32. The molecule has 0 spiro atoms. The van der Waals surface area contributed by atoms with Crippen molar-refractivity contribution in [2.45, 2.75) is 50.1 Å². The lowest BCUT2D eigenvalue weighted by Crippen LogP contribution is -2.26. The van der Waals surface area contributed by atoms with Gasteiger partial charge in [0.15, 0.2) is 0 Å². The van der Waals surface area contributed by atoms with Crippen molar-refractivity contribution in [3.63, 3.8) is 0 Å². The molecule has 1 aromatic rings. The van der Waals surface area contributed by atoms with Gasteiger partial charge < -0.3 is 24.4 Å². The van der Waals surface area contributed by atoms with Crippen molar-refractivity contribution in [1.29, 1.82) is 0 Å². The molecule has 1 aliphatic carbocycles. The van der Waals surface area contributed by atoms with E-state index in [0.29, 0.717) is 37.5 Å². The minimum Gasteiger partial charge on any atom is -0.469 e. The number of benzene rings is 1. The molecule has 2 N–H and O–H groups in total. The van der Waals surface area contributed by atoms with Gasteiger partial charge in [-0.05, 0) is 43.4 Å². The van der Waals surface area contributed by atoms with Crippen LogP contribution in [0, 0.1) is 11.8 Å². The largest absolute Gasteiger partial charge is 0.469 e. The Morgan fingerprint density at radius 1 is 1.19 bits per heavy atom. The van der Waals surface area contributed by atoms with Crippen LogP contribution in [-0.2, 0) is 24.8 Å². The van der Waals surface area contributed by atoms with Crippen LogP contribution in [0.25, 0.3) is 0 Å². The molecule has 2 aliphatic rings. The summed E-state index contributed by atoms with van der Waals surface area (Å²) in [6.07, 6.45) is 9.44. The highest BCUT2D eigenvalue weighted by Gasteiger charge is 2.41. The molecule has 170 valence electrons. The van der Waals surface area contributed by atoms with E-state index < -0.39 is 18.0 Å². The van der Waals surface area contributed by atoms with Crippen LogP contribution in [0.3, 0.4) is 0 Å². The highest BCUT2D eigenvalue weighted by Crippen LogP contribution is 2.39. The Bertz CT molecular complexity index is 769. The third-order valence-corrected chi connectivity index (χ3v) is 6.22. The topological polar surface area (TPSA) is 85.2 Å². The summed E-state index contributed by atoms with van der Waals surface area (Å²) in [4.78, 5) is 11.2. The Labute approximate surface area is 188 Å². The number of hydrogen-bond acceptors (Lipinski definition) is 6. The molecule has 3 rings (SSSR count). The molecule has 6 nitrogen and oxygen atoms in total. The first-order chi connectivity index (χ1) is 14.9. The van der Waals surface area contributed by atoms with E-state index in [1.807, 2.05) is 36.4 Å². The first kappa shape index (κ1) is 24.0. The molecule has 1 aliphatic heterocycles. The van der Waals surface area contributed by atoms with Crippen LogP contribution in [0.4, 0.5) is 0 Å². The molecule has 0 unspecified atom stereocenters. The lowest BCUT2D eigenvalue weighted by molar-refractivity contribution is -0.140. The second-order valence-corrected chi connectivity index (χ2v) is 8.45. The van der Waals surface area contributed by atoms with Crippen molar-refractivity contribution in [1.82, 2.24) is 0 Å². The van der Waals surface area contributed by atoms with Gasteiger partial charge in [-0.1, -0.05) is 42.0 Å². The Kier molecular flexibility index (Phi) is 8.69. The maximum absolute atomic E-state index is 11.2. The third-order valence-electron chi connectivity index (χ3n) is 5.97. The van der Waals surface area contributed by atoms with Crippen LogP contribution in [0.1, 0.15) is 37.7 Å². The van der Waals surface area contributed by atoms with Crippen LogP contribution in [0.5, 0.6) is 0 Å². The molecule has 1 heterocycles. The quantitative estimate of drug-likeness (QED) is 0.338. The maximum Gasteiger partial charge on any atom is 0.305 e. The van der Waals surface area contributed by atoms with E-state index >= 15 is 0 Å². The molecular weight excluding hydrogens is 420 g/mol. The number of aliphatic hydroxyl groups excluding tert-OH is 2. The van der Waals surface area contributed by atoms with E-state index in [2.05, 4.69) is 4.74 Å². The second kappa shape index (κ2) is 11.2. The number of hydrogen-bond donors (Lipinski definition) is 2. The Balaban J connectivity index is 1.65. The van der Waals surface area contributed by atoms with Crippen molar-refractivity contribution < 1.29 is 29.2 Å². The molecule has 7 heteroatoms. The molecule has 0 amide bonds. The summed E-state index contributed by atoms with van der Waals surface area (Å²) >= 11 is 6.01. The van der Waals surface area contributed by atoms with E-state index in [0.717, 1.165) is 18.4 Å². The summed E-state index contributed by atoms with van der Waals surface area (Å²) < 4.78 is 16.5. The van der Waals surface area contributed by atoms with Gasteiger partial charge in [0.25, 0.3) is 0 Å². The number of unbranched alkanes of at least 4 members (excludes halogenated alkanes) is 1. The van der Waals surface area contributed by atoms with Crippen molar-refractivity contribution in [3.05, 3.63) is 59.2 Å². The molecule has 0 aromatic heterocycles. The summed E-state index contributed by atoms with van der Waals surface area (Å²) in [5, 5.41) is 21.6. The first-order valence-corrected chi connectivity index (χ1v) is 11.1. The van der Waals surface area contributed by atoms with Crippen molar-refractivity contribution in [2.24, 2.45) is 11.8 Å². The minimum absolute atomic E-state index is 0.105. The van der Waals surface area contributed by atoms with Gasteiger partial charge in [0.1, 0.15) is 0 Å². The van der Waals surface area contributed by atoms with Gasteiger partial charge in [-0.2, -0.15) is 0 Å². The van der Waals surface area contributed by atoms with Gasteiger partial charge in [-0.15, -0.1) is 0 Å². The zero-order valence-electron chi connectivity index (χ0n) is 17.8. The number of aliphatic hydroxyl groups is 2. The van der Waals surface area contributed by atoms with Gasteiger partial charge in [-0.3, -0.25) is 4.79 Å². The molecule has 1 aromatic carbocycles. The van der Waals surface area contributed by atoms with E-state index in [4.69, 9.17) is 21.1 Å². The first-order valence-electron chi connectivity index (χ1n) is 10.8. The van der Waals surface area contributed by atoms with Crippen LogP contribution < -0.4 is 0 Å². The van der Waals surface area contributed by atoms with Crippen LogP contribution in [-0.4, -0.2) is 48.7 Å². The van der Waals surface area contributed by atoms with Crippen LogP contribution in [0.15, 0.2) is 48.6 Å². The summed E-state index contributed by atoms with van der Waals surface area (Å²) in [6.45, 7) is 0.946. The third kappa shape index (κ3) is 6.18. The van der Waals surface area contributed by atoms with Crippen molar-refractivity contribution in [2.75, 3.05) is 20.3 Å². The molecule has 0 radical (unpaired) electrons. The average Bonchev–Trinajstić information content (AvgIpc) is 3.34. The summed E-state index contributed by atoms with van der Waals surface area (Å²) in [5.74, 6) is -1.54. The number of carbonyl (C=O) groups excluding carboxylic acids is 1. The Morgan fingerprint density at radius 3 is 2.58 bits per heavy atom. The highest BCUT2D eigenvalue weighted by atomic mass is 35.5. The number of methoxy groups -OCH3 is 1. The van der Waals surface area contributed by atoms with E-state index in [-0.39, 0.29) is 17.8 Å². The van der Waals surface area contributed by atoms with Gasteiger partial charge >= 0.3 is 5.97 Å². The lowest BCUT2D eigenvalue weighted by atomic mass is 9.89. The van der Waals surface area contributed by atoms with Gasteiger partial charge in [-0.25, -0.2) is 0 Å². The SMILES string of the molecule is COC(=O)CCC/C=C\C[C@@H]1[C@@H](/C=C/C2(c3ccc(Cl)cc3)OCCO2)[C@H](O)C[C@@H]1O. The predicted molar refractivity (Wildman–Crippen MR) is 117 cm³/mol. The number of allylic oxidation sites excluding steroid dienone is 2. The predicted octanol–water partition coefficient (Wildman–Crippen LogP) is 3.74. The lowest BCUT2D eigenvalue weighted by Gasteiger charge is -2.26. The highest BCUT2D eigenvalue weighted by molar-refractivity contribution is 6.30. The molecular formula is C24H31ClO6. The molecule has 0 bridgehead atoms. The number of rotatable bonds is 9. The molecule has 2 fully saturated rings. The maximum atomic E-state index is 11.2. The average molecular weight is 451 g/mol. The molecule has 1 saturated heterocycles. The monoisotopic (exact) mass is 450 g/mol. The number of halogens is 1. The zero-order valence-corrected chi connectivity index (χ0v) is 18.5. The van der Waals surface area contributed by atoms with Gasteiger partial charge in [0.2, 0.25) is 5.79 Å². The van der Waals surface area contributed by atoms with Gasteiger partial charge in [0, 0.05) is 29.3 Å². The van der Waals surface area contributed by atoms with E-state index in [1.54, 1.807) is 12.1 Å². The number of ether oxygens (including phenoxy) is 3. The summed E-state index contributed by atoms with van der Waals surface area (Å²) in [7, 11) is 1.39. The minimum atomic E-state index is -1.01. The zero-order chi connectivity index (χ0) is 22.3. The fourth-order valence-electron chi connectivity index (χ4n) is 4.25. The van der Waals surface area contributed by atoms with Gasteiger partial charge in [0.05, 0.1) is 32.5 Å². The molecule has 1 saturated carbocycles. The Morgan fingerprint density at radius 2 is 1.90 bits per heavy atom. The van der Waals surface area contributed by atoms with E-state index in [1.165, 1.54) is 7.11 Å². The van der Waals surface area contributed by atoms with Crippen molar-refractivity contribution >= 4 is 17.6 Å². The van der Waals surface area contributed by atoms with Crippen LogP contribution in [0.2, 0.25) is 5.02 Å². The van der Waals surface area contributed by atoms with E-state index in [9.17, 15) is 15.0 Å². The Hall–Kier alpha value is -1.70. The fourth-order valence-corrected chi connectivity index (χ4v) is 4.38. The normalized spacial score (nSPS) is 28.0.